The van der Waals surface area contributed by atoms with Crippen molar-refractivity contribution in [2.75, 3.05) is 0 Å². The highest BCUT2D eigenvalue weighted by atomic mass is 16.5. The first-order chi connectivity index (χ1) is 36.7. The van der Waals surface area contributed by atoms with Crippen LogP contribution in [0.2, 0.25) is 0 Å². The largest absolute Gasteiger partial charge is 0.463 e. The minimum Gasteiger partial charge on any atom is -0.463 e. The van der Waals surface area contributed by atoms with Crippen molar-refractivity contribution in [1.29, 1.82) is 0 Å². The molecule has 0 amide bonds. The van der Waals surface area contributed by atoms with E-state index in [-0.39, 0.29) is 17.0 Å². The molecule has 6 rings (SSSR count). The van der Waals surface area contributed by atoms with Gasteiger partial charge in [-0.2, -0.15) is 9.59 Å². The average molecular weight is 1040 g/mol. The topological polar surface area (TPSA) is 101 Å². The van der Waals surface area contributed by atoms with Crippen LogP contribution in [0.4, 0.5) is 0 Å². The molecule has 0 unspecified atom stereocenters. The molecule has 0 aliphatic rings. The first kappa shape index (κ1) is 63.1. The smallest absolute Gasteiger partial charge is 0.373 e. The average Bonchev–Trinajstić information content (AvgIpc) is 3.43. The summed E-state index contributed by atoms with van der Waals surface area (Å²) >= 11 is 0. The number of aliphatic hydroxyl groups is 2. The molecule has 6 aromatic rings. The minimum atomic E-state index is -0.748. The fourth-order valence-electron chi connectivity index (χ4n) is 11.4. The van der Waals surface area contributed by atoms with Crippen LogP contribution in [0.15, 0.2) is 121 Å². The van der Waals surface area contributed by atoms with Crippen molar-refractivity contribution in [3.8, 4) is 22.3 Å². The molecular formula is C71H90O6. The van der Waals surface area contributed by atoms with Crippen LogP contribution >= 0.6 is 0 Å². The summed E-state index contributed by atoms with van der Waals surface area (Å²) in [7, 11) is 0. The number of hydrogen-bond donors (Lipinski definition) is 2. The van der Waals surface area contributed by atoms with E-state index in [1.54, 1.807) is 0 Å². The fourth-order valence-corrected chi connectivity index (χ4v) is 11.4. The van der Waals surface area contributed by atoms with Gasteiger partial charge in [0.25, 0.3) is 6.47 Å². The molecule has 0 atom stereocenters. The van der Waals surface area contributed by atoms with Gasteiger partial charge in [-0.1, -0.05) is 196 Å². The lowest BCUT2D eigenvalue weighted by atomic mass is 9.69. The molecule has 2 N–H and O–H groups in total. The Morgan fingerprint density at radius 1 is 0.429 bits per heavy atom. The third-order valence-electron chi connectivity index (χ3n) is 17.0. The first-order valence-corrected chi connectivity index (χ1v) is 28.3. The Labute approximate surface area is 463 Å². The Bertz CT molecular complexity index is 2900. The third kappa shape index (κ3) is 15.0. The Hall–Kier alpha value is -6.43. The van der Waals surface area contributed by atoms with Crippen molar-refractivity contribution in [3.63, 3.8) is 0 Å². The van der Waals surface area contributed by atoms with Gasteiger partial charge in [-0.3, -0.25) is 4.79 Å². The highest BCUT2D eigenvalue weighted by molar-refractivity contribution is 5.74. The van der Waals surface area contributed by atoms with Gasteiger partial charge >= 0.3 is 6.15 Å². The lowest BCUT2D eigenvalue weighted by Crippen LogP contribution is -2.26. The van der Waals surface area contributed by atoms with Gasteiger partial charge in [-0.05, 0) is 199 Å². The molecule has 0 fully saturated rings. The van der Waals surface area contributed by atoms with E-state index in [1.165, 1.54) is 89.0 Å². The van der Waals surface area contributed by atoms with Crippen LogP contribution in [-0.4, -0.2) is 34.0 Å². The highest BCUT2D eigenvalue weighted by Gasteiger charge is 2.34. The maximum absolute atomic E-state index is 10.7. The van der Waals surface area contributed by atoms with Gasteiger partial charge in [0.2, 0.25) is 0 Å². The number of ether oxygens (including phenoxy) is 1. The summed E-state index contributed by atoms with van der Waals surface area (Å²) in [6, 6.07) is 40.6. The molecule has 6 heteroatoms. The highest BCUT2D eigenvalue weighted by Crippen LogP contribution is 2.44. The monoisotopic (exact) mass is 1040 g/mol. The summed E-state index contributed by atoms with van der Waals surface area (Å²) in [5.41, 5.74) is 21.4. The van der Waals surface area contributed by atoms with Crippen molar-refractivity contribution in [2.24, 2.45) is 0 Å². The van der Waals surface area contributed by atoms with Crippen molar-refractivity contribution in [1.82, 2.24) is 0 Å². The number of hydrogen-bond acceptors (Lipinski definition) is 6. The van der Waals surface area contributed by atoms with E-state index in [2.05, 4.69) is 185 Å². The third-order valence-corrected chi connectivity index (χ3v) is 17.0. The molecule has 0 spiro atoms. The number of benzene rings is 6. The van der Waals surface area contributed by atoms with Crippen molar-refractivity contribution >= 4 is 24.8 Å². The van der Waals surface area contributed by atoms with Gasteiger partial charge in [0.15, 0.2) is 0 Å². The lowest BCUT2D eigenvalue weighted by molar-refractivity contribution is -0.191. The van der Waals surface area contributed by atoms with Gasteiger partial charge in [-0.15, -0.1) is 0 Å². The summed E-state index contributed by atoms with van der Waals surface area (Å²) < 4.78 is 4.89. The van der Waals surface area contributed by atoms with Crippen molar-refractivity contribution < 1.29 is 29.3 Å². The van der Waals surface area contributed by atoms with Crippen LogP contribution in [0.5, 0.6) is 0 Å². The molecule has 6 nitrogen and oxygen atoms in total. The normalized spacial score (nSPS) is 12.0. The lowest BCUT2D eigenvalue weighted by Gasteiger charge is -2.35. The summed E-state index contributed by atoms with van der Waals surface area (Å²) in [4.78, 5) is 26.8. The van der Waals surface area contributed by atoms with Crippen LogP contribution in [0, 0.1) is 41.5 Å². The van der Waals surface area contributed by atoms with Crippen LogP contribution < -0.4 is 0 Å². The molecule has 0 saturated heterocycles. The van der Waals surface area contributed by atoms with E-state index in [9.17, 15) is 15.0 Å². The quantitative estimate of drug-likeness (QED) is 0.0657. The van der Waals surface area contributed by atoms with Crippen LogP contribution in [0.25, 0.3) is 34.4 Å². The van der Waals surface area contributed by atoms with Gasteiger partial charge in [0, 0.05) is 10.8 Å². The fraction of sp³-hybridized carbons (Fsp3) is 0.408. The zero-order chi connectivity index (χ0) is 57.1. The summed E-state index contributed by atoms with van der Waals surface area (Å²) in [5, 5.41) is 21.4. The number of aryl methyl sites for hydroxylation is 7. The second-order valence-electron chi connectivity index (χ2n) is 21.2. The molecule has 0 heterocycles. The Kier molecular flexibility index (Phi) is 23.6. The molecule has 0 aromatic heterocycles. The maximum Gasteiger partial charge on any atom is 0.373 e. The van der Waals surface area contributed by atoms with Crippen molar-refractivity contribution in [2.45, 2.75) is 190 Å². The molecule has 0 aliphatic carbocycles. The number of carbonyl (C=O) groups excluding carboxylic acids is 3. The van der Waals surface area contributed by atoms with Crippen LogP contribution in [0.3, 0.4) is 0 Å². The van der Waals surface area contributed by atoms with Gasteiger partial charge in [0.05, 0.1) is 11.2 Å². The van der Waals surface area contributed by atoms with Crippen LogP contribution in [-0.2, 0) is 43.0 Å². The van der Waals surface area contributed by atoms with E-state index in [0.29, 0.717) is 25.9 Å². The maximum atomic E-state index is 10.7. The molecule has 0 saturated carbocycles. The van der Waals surface area contributed by atoms with Crippen LogP contribution in [0.1, 0.15) is 192 Å². The Morgan fingerprint density at radius 2 is 0.740 bits per heavy atom. The molecule has 410 valence electrons. The molecule has 6 aromatic carbocycles. The molecule has 0 bridgehead atoms. The predicted octanol–water partition coefficient (Wildman–Crippen LogP) is 17.6. The second-order valence-corrected chi connectivity index (χ2v) is 21.2. The predicted molar refractivity (Wildman–Crippen MR) is 322 cm³/mol. The zero-order valence-electron chi connectivity index (χ0n) is 49.4. The van der Waals surface area contributed by atoms with E-state index in [1.807, 2.05) is 52.0 Å². The number of carbonyl (C=O) groups is 1. The SMILES string of the molecule is CCC(O)(/C=C/c1ccc(C(CC)(CC)c2cc(C)c(-c3ccc(COC=O)cc3)c(C)c2)cc1C)CC.CCc1ccc(-c2c(C)cc(C(CC)(CC)c3ccc(/C=C/C(O)(CC)CC)c(C)c3)cc2C)cc1.O=C=O. The minimum absolute atomic E-state index is 0.0271. The second kappa shape index (κ2) is 28.8. The molecule has 0 radical (unpaired) electrons. The summed E-state index contributed by atoms with van der Waals surface area (Å²) in [6.45, 7) is 33.6. The molecule has 0 aliphatic heterocycles. The van der Waals surface area contributed by atoms with Gasteiger partial charge < -0.3 is 14.9 Å². The zero-order valence-corrected chi connectivity index (χ0v) is 49.4. The van der Waals surface area contributed by atoms with E-state index in [0.717, 1.165) is 56.1 Å². The number of rotatable bonds is 22. The summed E-state index contributed by atoms with van der Waals surface area (Å²) in [6.07, 6.45) is 16.4. The van der Waals surface area contributed by atoms with E-state index >= 15 is 0 Å². The first-order valence-electron chi connectivity index (χ1n) is 28.3. The summed E-state index contributed by atoms with van der Waals surface area (Å²) in [5.74, 6) is 0. The van der Waals surface area contributed by atoms with Gasteiger partial charge in [0.1, 0.15) is 6.61 Å². The van der Waals surface area contributed by atoms with Gasteiger partial charge in [-0.25, -0.2) is 0 Å². The standard InChI is InChI=1S/C35H44O3.C35H46O.CO2/c1-8-34(37,9-2)19-18-29-16-17-31(20-25(29)5)35(10-3,11-4)32-21-26(6)33(27(7)22-32)30-14-12-28(13-15-30)23-38-24-36;1-9-28-14-16-30(17-15-28)33-26(7)23-32(24-27(33)8)35(12-4,13-5)31-19-18-29(25(6)22-31)20-21-34(36,10-2)11-3;2-1-3/h12-22,24,37H,8-11,23H2,1-7H3;14-24,36H,9-13H2,1-8H3;/b19-18+;21-20+;. The Morgan fingerprint density at radius 3 is 1.01 bits per heavy atom. The van der Waals surface area contributed by atoms with Crippen molar-refractivity contribution in [3.05, 3.63) is 199 Å². The Balaban J connectivity index is 0.000000317. The molecular weight excluding hydrogens is 949 g/mol. The van der Waals surface area contributed by atoms with E-state index in [4.69, 9.17) is 14.3 Å². The molecule has 77 heavy (non-hydrogen) atoms. The van der Waals surface area contributed by atoms with E-state index < -0.39 is 11.2 Å².